The number of ether oxygens (including phenoxy) is 2. The molecular formula is C23H23BrN2O3. The third-order valence-electron chi connectivity index (χ3n) is 4.00. The van der Waals surface area contributed by atoms with Crippen molar-refractivity contribution in [2.45, 2.75) is 19.9 Å². The van der Waals surface area contributed by atoms with E-state index in [1.54, 1.807) is 18.2 Å². The molecule has 6 heteroatoms. The fourth-order valence-electron chi connectivity index (χ4n) is 2.63. The van der Waals surface area contributed by atoms with Crippen molar-refractivity contribution in [1.29, 1.82) is 5.26 Å². The first-order valence-electron chi connectivity index (χ1n) is 9.17. The van der Waals surface area contributed by atoms with Gasteiger partial charge in [0.15, 0.2) is 11.5 Å². The van der Waals surface area contributed by atoms with Gasteiger partial charge in [-0.3, -0.25) is 4.79 Å². The van der Waals surface area contributed by atoms with Crippen LogP contribution in [0.5, 0.6) is 11.5 Å². The fraction of sp³-hybridized carbons (Fsp3) is 0.217. The zero-order valence-corrected chi connectivity index (χ0v) is 18.0. The van der Waals surface area contributed by atoms with Gasteiger partial charge in [0.2, 0.25) is 0 Å². The first-order valence-corrected chi connectivity index (χ1v) is 9.97. The van der Waals surface area contributed by atoms with Gasteiger partial charge in [-0.05, 0) is 59.1 Å². The Bertz CT molecular complexity index is 933. The highest BCUT2D eigenvalue weighted by Gasteiger charge is 2.16. The molecule has 5 nitrogen and oxygen atoms in total. The predicted octanol–water partition coefficient (Wildman–Crippen LogP) is 5.20. The fourth-order valence-corrected chi connectivity index (χ4v) is 3.21. The molecule has 29 heavy (non-hydrogen) atoms. The summed E-state index contributed by atoms with van der Waals surface area (Å²) in [5, 5.41) is 12.3. The molecule has 1 atom stereocenters. The van der Waals surface area contributed by atoms with Gasteiger partial charge in [-0.25, -0.2) is 0 Å². The molecule has 2 aromatic carbocycles. The maximum absolute atomic E-state index is 12.6. The summed E-state index contributed by atoms with van der Waals surface area (Å²) in [6.45, 7) is 8.16. The Morgan fingerprint density at radius 3 is 2.66 bits per heavy atom. The number of benzene rings is 2. The molecular weight excluding hydrogens is 432 g/mol. The Hall–Kier alpha value is -3.04. The van der Waals surface area contributed by atoms with Crippen LogP contribution in [0.2, 0.25) is 0 Å². The number of nitrogens with zero attached hydrogens (tertiary/aromatic N) is 1. The largest absolute Gasteiger partial charge is 0.490 e. The van der Waals surface area contributed by atoms with Crippen molar-refractivity contribution in [2.24, 2.45) is 0 Å². The van der Waals surface area contributed by atoms with E-state index in [9.17, 15) is 10.1 Å². The number of hydrogen-bond acceptors (Lipinski definition) is 4. The second kappa shape index (κ2) is 11.1. The molecule has 0 aliphatic carbocycles. The summed E-state index contributed by atoms with van der Waals surface area (Å²) in [6, 6.07) is 14.8. The zero-order chi connectivity index (χ0) is 21.2. The number of carbonyl (C=O) groups excluding carboxylic acids is 1. The minimum atomic E-state index is -0.440. The predicted molar refractivity (Wildman–Crippen MR) is 118 cm³/mol. The molecule has 0 unspecified atom stereocenters. The number of hydrogen-bond donors (Lipinski definition) is 1. The topological polar surface area (TPSA) is 71.3 Å². The molecule has 150 valence electrons. The third kappa shape index (κ3) is 6.23. The van der Waals surface area contributed by atoms with E-state index in [-0.39, 0.29) is 11.6 Å². The lowest BCUT2D eigenvalue weighted by molar-refractivity contribution is -0.117. The van der Waals surface area contributed by atoms with Gasteiger partial charge in [-0.1, -0.05) is 43.0 Å². The van der Waals surface area contributed by atoms with E-state index in [1.165, 1.54) is 6.08 Å². The molecule has 0 bridgehead atoms. The molecule has 2 rings (SSSR count). The highest BCUT2D eigenvalue weighted by atomic mass is 79.9. The summed E-state index contributed by atoms with van der Waals surface area (Å²) in [4.78, 5) is 12.6. The summed E-state index contributed by atoms with van der Waals surface area (Å²) in [5.41, 5.74) is 1.61. The monoisotopic (exact) mass is 454 g/mol. The Morgan fingerprint density at radius 1 is 1.31 bits per heavy atom. The van der Waals surface area contributed by atoms with Crippen LogP contribution in [-0.2, 0) is 4.79 Å². The Morgan fingerprint density at radius 2 is 2.03 bits per heavy atom. The molecule has 1 amide bonds. The van der Waals surface area contributed by atoms with Crippen LogP contribution in [0.15, 0.2) is 65.2 Å². The summed E-state index contributed by atoms with van der Waals surface area (Å²) in [6.07, 6.45) is 3.17. The molecule has 0 radical (unpaired) electrons. The van der Waals surface area contributed by atoms with Crippen LogP contribution in [0.4, 0.5) is 0 Å². The molecule has 0 fully saturated rings. The van der Waals surface area contributed by atoms with Crippen LogP contribution in [-0.4, -0.2) is 19.1 Å². The molecule has 2 aromatic rings. The second-order valence-corrected chi connectivity index (χ2v) is 6.99. The van der Waals surface area contributed by atoms with Gasteiger partial charge in [0, 0.05) is 0 Å². The van der Waals surface area contributed by atoms with Crippen molar-refractivity contribution >= 4 is 27.9 Å². The van der Waals surface area contributed by atoms with E-state index < -0.39 is 5.91 Å². The van der Waals surface area contributed by atoms with E-state index in [0.29, 0.717) is 34.7 Å². The number of amides is 1. The van der Waals surface area contributed by atoms with Crippen molar-refractivity contribution in [3.63, 3.8) is 0 Å². The molecule has 0 aliphatic rings. The molecule has 0 heterocycles. The van der Waals surface area contributed by atoms with E-state index in [4.69, 9.17) is 9.47 Å². The van der Waals surface area contributed by atoms with Crippen LogP contribution in [0.1, 0.15) is 31.0 Å². The van der Waals surface area contributed by atoms with Gasteiger partial charge in [0.25, 0.3) is 5.91 Å². The molecule has 0 aromatic heterocycles. The first kappa shape index (κ1) is 22.3. The number of carbonyl (C=O) groups is 1. The third-order valence-corrected chi connectivity index (χ3v) is 4.59. The van der Waals surface area contributed by atoms with Gasteiger partial charge >= 0.3 is 0 Å². The zero-order valence-electron chi connectivity index (χ0n) is 16.4. The average molecular weight is 455 g/mol. The van der Waals surface area contributed by atoms with Crippen molar-refractivity contribution < 1.29 is 14.3 Å². The van der Waals surface area contributed by atoms with Crippen molar-refractivity contribution in [1.82, 2.24) is 5.32 Å². The second-order valence-electron chi connectivity index (χ2n) is 6.14. The number of halogens is 1. The lowest BCUT2D eigenvalue weighted by atomic mass is 10.1. The summed E-state index contributed by atoms with van der Waals surface area (Å²) in [7, 11) is 0. The Labute approximate surface area is 179 Å². The van der Waals surface area contributed by atoms with Gasteiger partial charge in [0.05, 0.1) is 17.1 Å². The van der Waals surface area contributed by atoms with Crippen LogP contribution >= 0.6 is 15.9 Å². The summed E-state index contributed by atoms with van der Waals surface area (Å²) < 4.78 is 12.0. The number of nitriles is 1. The lowest BCUT2D eigenvalue weighted by Crippen LogP contribution is -2.27. The molecule has 0 saturated heterocycles. The quantitative estimate of drug-likeness (QED) is 0.321. The number of nitrogens with one attached hydrogen (secondary N) is 1. The average Bonchev–Trinajstić information content (AvgIpc) is 2.72. The maximum Gasteiger partial charge on any atom is 0.262 e. The van der Waals surface area contributed by atoms with E-state index in [1.807, 2.05) is 50.2 Å². The molecule has 1 N–H and O–H groups in total. The highest BCUT2D eigenvalue weighted by Crippen LogP contribution is 2.37. The van der Waals surface area contributed by atoms with Crippen molar-refractivity contribution in [2.75, 3.05) is 13.2 Å². The Kier molecular flexibility index (Phi) is 8.50. The number of rotatable bonds is 9. The molecule has 0 saturated carbocycles. The normalized spacial score (nSPS) is 11.9. The van der Waals surface area contributed by atoms with Crippen molar-refractivity contribution in [3.8, 4) is 17.6 Å². The van der Waals surface area contributed by atoms with Gasteiger partial charge in [-0.15, -0.1) is 0 Å². The Balaban J connectivity index is 2.28. The van der Waals surface area contributed by atoms with E-state index >= 15 is 0 Å². The highest BCUT2D eigenvalue weighted by molar-refractivity contribution is 9.10. The summed E-state index contributed by atoms with van der Waals surface area (Å²) in [5.74, 6) is 0.625. The standard InChI is InChI=1S/C23H23BrN2O3/c1-4-11-29-22-20(24)13-17(14-21(22)28-5-2)12-19(15-25)23(27)26-16(3)18-9-7-6-8-10-18/h4,6-10,12-14,16H,1,5,11H2,2-3H3,(H,26,27)/b19-12-/t16-/m0/s1. The summed E-state index contributed by atoms with van der Waals surface area (Å²) >= 11 is 3.47. The maximum atomic E-state index is 12.6. The minimum absolute atomic E-state index is 0.00175. The van der Waals surface area contributed by atoms with E-state index in [0.717, 1.165) is 5.56 Å². The smallest absolute Gasteiger partial charge is 0.262 e. The van der Waals surface area contributed by atoms with E-state index in [2.05, 4.69) is 27.8 Å². The molecule has 0 spiro atoms. The minimum Gasteiger partial charge on any atom is -0.490 e. The van der Waals surface area contributed by atoms with Crippen LogP contribution < -0.4 is 14.8 Å². The van der Waals surface area contributed by atoms with Gasteiger partial charge in [-0.2, -0.15) is 5.26 Å². The molecule has 0 aliphatic heterocycles. The van der Waals surface area contributed by atoms with Gasteiger partial charge < -0.3 is 14.8 Å². The SMILES string of the molecule is C=CCOc1c(Br)cc(/C=C(/C#N)C(=O)N[C@@H](C)c2ccccc2)cc1OCC. The van der Waals surface area contributed by atoms with Crippen LogP contribution in [0, 0.1) is 11.3 Å². The van der Waals surface area contributed by atoms with Crippen molar-refractivity contribution in [3.05, 3.63) is 76.3 Å². The van der Waals surface area contributed by atoms with Crippen LogP contribution in [0.3, 0.4) is 0 Å². The first-order chi connectivity index (χ1) is 14.0. The van der Waals surface area contributed by atoms with Gasteiger partial charge in [0.1, 0.15) is 18.2 Å². The lowest BCUT2D eigenvalue weighted by Gasteiger charge is -2.15. The van der Waals surface area contributed by atoms with Crippen LogP contribution in [0.25, 0.3) is 6.08 Å².